The molecule has 0 unspecified atom stereocenters. The number of piperazine rings is 1. The summed E-state index contributed by atoms with van der Waals surface area (Å²) in [5, 5.41) is 1.10. The van der Waals surface area contributed by atoms with Crippen molar-refractivity contribution in [2.45, 2.75) is 0 Å². The van der Waals surface area contributed by atoms with Gasteiger partial charge in [-0.15, -0.1) is 11.3 Å². The lowest BCUT2D eigenvalue weighted by atomic mass is 10.2. The number of rotatable bonds is 4. The largest absolute Gasteiger partial charge is 0.451 e. The fourth-order valence-electron chi connectivity index (χ4n) is 2.70. The van der Waals surface area contributed by atoms with Gasteiger partial charge in [0.1, 0.15) is 4.88 Å². The van der Waals surface area contributed by atoms with E-state index in [-0.39, 0.29) is 37.0 Å². The minimum Gasteiger partial charge on any atom is -0.451 e. The van der Waals surface area contributed by atoms with Crippen LogP contribution in [0.25, 0.3) is 10.1 Å². The number of nitrogens with zero attached hydrogens (tertiary/aromatic N) is 2. The lowest BCUT2D eigenvalue weighted by Crippen LogP contribution is -2.51. The van der Waals surface area contributed by atoms with Gasteiger partial charge in [0.05, 0.1) is 11.3 Å². The van der Waals surface area contributed by atoms with Crippen molar-refractivity contribution in [3.05, 3.63) is 34.2 Å². The van der Waals surface area contributed by atoms with Gasteiger partial charge >= 0.3 is 5.97 Å². The van der Waals surface area contributed by atoms with Gasteiger partial charge in [0.15, 0.2) is 6.61 Å². The standard InChI is InChI=1S/C16H17ClN2O5S2/c1-26(22,23)19-8-6-18(7-9-19)13(20)10-24-16(21)15-14(17)11-4-2-3-5-12(11)25-15/h2-5H,6-10H2,1H3. The molecule has 1 amide bonds. The number of carbonyl (C=O) groups excluding carboxylic acids is 2. The Balaban J connectivity index is 1.58. The van der Waals surface area contributed by atoms with Gasteiger partial charge in [-0.05, 0) is 6.07 Å². The highest BCUT2D eigenvalue weighted by atomic mass is 35.5. The first-order valence-electron chi connectivity index (χ1n) is 7.84. The molecule has 7 nitrogen and oxygen atoms in total. The molecule has 2 heterocycles. The monoisotopic (exact) mass is 416 g/mol. The summed E-state index contributed by atoms with van der Waals surface area (Å²) in [4.78, 5) is 26.2. The van der Waals surface area contributed by atoms with Crippen molar-refractivity contribution >= 4 is 54.9 Å². The van der Waals surface area contributed by atoms with Gasteiger partial charge < -0.3 is 9.64 Å². The van der Waals surface area contributed by atoms with E-state index in [0.717, 1.165) is 16.3 Å². The Bertz CT molecular complexity index is 949. The van der Waals surface area contributed by atoms with E-state index in [1.54, 1.807) is 0 Å². The number of sulfonamides is 1. The van der Waals surface area contributed by atoms with Crippen molar-refractivity contribution in [2.75, 3.05) is 39.0 Å². The average Bonchev–Trinajstić information content (AvgIpc) is 2.96. The minimum absolute atomic E-state index is 0.237. The second kappa shape index (κ2) is 7.51. The second-order valence-corrected chi connectivity index (χ2v) is 9.27. The van der Waals surface area contributed by atoms with Gasteiger partial charge in [-0.2, -0.15) is 4.31 Å². The Morgan fingerprint density at radius 3 is 2.46 bits per heavy atom. The Morgan fingerprint density at radius 2 is 1.85 bits per heavy atom. The van der Waals surface area contributed by atoms with Crippen molar-refractivity contribution in [3.8, 4) is 0 Å². The Hall–Kier alpha value is -1.68. The van der Waals surface area contributed by atoms with Crippen LogP contribution in [0, 0.1) is 0 Å². The first-order valence-corrected chi connectivity index (χ1v) is 10.9. The minimum atomic E-state index is -3.26. The van der Waals surface area contributed by atoms with E-state index in [4.69, 9.17) is 16.3 Å². The van der Waals surface area contributed by atoms with Crippen LogP contribution in [0.5, 0.6) is 0 Å². The van der Waals surface area contributed by atoms with E-state index >= 15 is 0 Å². The summed E-state index contributed by atoms with van der Waals surface area (Å²) in [7, 11) is -3.26. The van der Waals surface area contributed by atoms with Gasteiger partial charge in [0.2, 0.25) is 10.0 Å². The van der Waals surface area contributed by atoms with E-state index in [1.165, 1.54) is 20.5 Å². The number of esters is 1. The van der Waals surface area contributed by atoms with E-state index in [2.05, 4.69) is 0 Å². The summed E-state index contributed by atoms with van der Waals surface area (Å²) in [6, 6.07) is 7.35. The third-order valence-electron chi connectivity index (χ3n) is 4.11. The number of benzene rings is 1. The van der Waals surface area contributed by atoms with E-state index < -0.39 is 22.6 Å². The fraction of sp³-hybridized carbons (Fsp3) is 0.375. The van der Waals surface area contributed by atoms with Crippen LogP contribution in [-0.2, 0) is 19.6 Å². The highest BCUT2D eigenvalue weighted by Gasteiger charge is 2.27. The lowest BCUT2D eigenvalue weighted by molar-refractivity contribution is -0.135. The van der Waals surface area contributed by atoms with Crippen LogP contribution in [0.15, 0.2) is 24.3 Å². The molecule has 26 heavy (non-hydrogen) atoms. The molecule has 140 valence electrons. The summed E-state index contributed by atoms with van der Waals surface area (Å²) in [5.74, 6) is -0.997. The topological polar surface area (TPSA) is 84.0 Å². The van der Waals surface area contributed by atoms with Crippen LogP contribution in [0.4, 0.5) is 0 Å². The highest BCUT2D eigenvalue weighted by molar-refractivity contribution is 7.88. The van der Waals surface area contributed by atoms with Crippen LogP contribution in [0.3, 0.4) is 0 Å². The maximum atomic E-state index is 12.3. The van der Waals surface area contributed by atoms with Crippen LogP contribution in [-0.4, -0.2) is 68.5 Å². The lowest BCUT2D eigenvalue weighted by Gasteiger charge is -2.33. The number of hydrogen-bond acceptors (Lipinski definition) is 6. The molecule has 1 saturated heterocycles. The van der Waals surface area contributed by atoms with Crippen molar-refractivity contribution in [2.24, 2.45) is 0 Å². The normalized spacial score (nSPS) is 16.0. The van der Waals surface area contributed by atoms with E-state index in [1.807, 2.05) is 24.3 Å². The number of halogens is 1. The van der Waals surface area contributed by atoms with Gasteiger partial charge in [-0.25, -0.2) is 13.2 Å². The van der Waals surface area contributed by atoms with Gasteiger partial charge in [-0.1, -0.05) is 29.8 Å². The Morgan fingerprint density at radius 1 is 1.19 bits per heavy atom. The molecule has 0 atom stereocenters. The molecule has 0 aliphatic carbocycles. The summed E-state index contributed by atoms with van der Waals surface area (Å²) < 4.78 is 30.3. The van der Waals surface area contributed by atoms with Crippen molar-refractivity contribution in [3.63, 3.8) is 0 Å². The molecule has 2 aromatic rings. The molecular formula is C16H17ClN2O5S2. The van der Waals surface area contributed by atoms with E-state index in [9.17, 15) is 18.0 Å². The van der Waals surface area contributed by atoms with Crippen molar-refractivity contribution in [1.29, 1.82) is 0 Å². The predicted molar refractivity (Wildman–Crippen MR) is 100 cm³/mol. The average molecular weight is 417 g/mol. The molecule has 0 radical (unpaired) electrons. The number of fused-ring (bicyclic) bond motifs is 1. The number of ether oxygens (including phenoxy) is 1. The second-order valence-electron chi connectivity index (χ2n) is 5.86. The predicted octanol–water partition coefficient (Wildman–Crippen LogP) is 1.82. The highest BCUT2D eigenvalue weighted by Crippen LogP contribution is 2.35. The third kappa shape index (κ3) is 4.01. The summed E-state index contributed by atoms with van der Waals surface area (Å²) in [6.07, 6.45) is 1.14. The van der Waals surface area contributed by atoms with Crippen molar-refractivity contribution in [1.82, 2.24) is 9.21 Å². The molecule has 1 aliphatic heterocycles. The maximum Gasteiger partial charge on any atom is 0.350 e. The van der Waals surface area contributed by atoms with Crippen LogP contribution in [0.2, 0.25) is 5.02 Å². The molecule has 0 N–H and O–H groups in total. The third-order valence-corrected chi connectivity index (χ3v) is 7.07. The molecule has 0 saturated carbocycles. The number of thiophene rings is 1. The van der Waals surface area contributed by atoms with Crippen LogP contribution < -0.4 is 0 Å². The number of amides is 1. The summed E-state index contributed by atoms with van der Waals surface area (Å²) in [5.41, 5.74) is 0. The Labute approximate surface area is 160 Å². The summed E-state index contributed by atoms with van der Waals surface area (Å²) in [6.45, 7) is 0.615. The van der Waals surface area contributed by atoms with Crippen LogP contribution >= 0.6 is 22.9 Å². The quantitative estimate of drug-likeness (QED) is 0.710. The molecule has 1 aliphatic rings. The molecule has 0 bridgehead atoms. The first-order chi connectivity index (χ1) is 12.3. The zero-order chi connectivity index (χ0) is 18.9. The SMILES string of the molecule is CS(=O)(=O)N1CCN(C(=O)COC(=O)c2sc3ccccc3c2Cl)CC1. The van der Waals surface area contributed by atoms with Gasteiger partial charge in [-0.3, -0.25) is 4.79 Å². The molecule has 1 aromatic heterocycles. The van der Waals surface area contributed by atoms with Gasteiger partial charge in [0, 0.05) is 36.3 Å². The molecule has 3 rings (SSSR count). The molecule has 10 heteroatoms. The zero-order valence-electron chi connectivity index (χ0n) is 14.0. The number of hydrogen-bond donors (Lipinski definition) is 0. The molecular weight excluding hydrogens is 400 g/mol. The fourth-order valence-corrected chi connectivity index (χ4v) is 4.93. The molecule has 1 aromatic carbocycles. The van der Waals surface area contributed by atoms with Crippen molar-refractivity contribution < 1.29 is 22.7 Å². The first kappa shape index (κ1) is 19.1. The van der Waals surface area contributed by atoms with E-state index in [0.29, 0.717) is 5.02 Å². The maximum absolute atomic E-state index is 12.3. The zero-order valence-corrected chi connectivity index (χ0v) is 16.4. The molecule has 1 fully saturated rings. The number of carbonyl (C=O) groups is 2. The van der Waals surface area contributed by atoms with Gasteiger partial charge in [0.25, 0.3) is 5.91 Å². The summed E-state index contributed by atoms with van der Waals surface area (Å²) >= 11 is 7.44. The Kier molecular flexibility index (Phi) is 5.52. The smallest absolute Gasteiger partial charge is 0.350 e. The molecule has 0 spiro atoms. The van der Waals surface area contributed by atoms with Crippen LogP contribution in [0.1, 0.15) is 9.67 Å².